The number of benzene rings is 2. The fraction of sp³-hybridized carbons (Fsp3) is 0.673. The number of esters is 2. The van der Waals surface area contributed by atoms with E-state index in [0.29, 0.717) is 24.2 Å². The Morgan fingerprint density at radius 1 is 0.787 bits per heavy atom. The summed E-state index contributed by atoms with van der Waals surface area (Å²) in [6.45, 7) is 17.2. The lowest BCUT2D eigenvalue weighted by molar-refractivity contribution is -0.151. The lowest BCUT2D eigenvalue weighted by Gasteiger charge is -2.58. The number of ether oxygens (including phenoxy) is 3. The molecular weight excluding hydrogens is 776 g/mol. The van der Waals surface area contributed by atoms with Crippen molar-refractivity contribution in [1.82, 2.24) is 0 Å². The van der Waals surface area contributed by atoms with Crippen LogP contribution in [0.15, 0.2) is 60.2 Å². The molecule has 3 fully saturated rings. The Morgan fingerprint density at radius 3 is 2.15 bits per heavy atom. The van der Waals surface area contributed by atoms with Crippen LogP contribution in [-0.4, -0.2) is 30.0 Å². The van der Waals surface area contributed by atoms with Gasteiger partial charge in [0.05, 0.1) is 6.61 Å². The summed E-state index contributed by atoms with van der Waals surface area (Å²) in [7, 11) is 0. The number of halogens is 1. The van der Waals surface area contributed by atoms with Gasteiger partial charge in [-0.2, -0.15) is 0 Å². The molecule has 6 heteroatoms. The van der Waals surface area contributed by atoms with Gasteiger partial charge in [-0.1, -0.05) is 117 Å². The van der Waals surface area contributed by atoms with Crippen LogP contribution in [0.2, 0.25) is 0 Å². The molecule has 0 N–H and O–H groups in total. The molecule has 0 bridgehead atoms. The molecule has 0 aromatic heterocycles. The Kier molecular flexibility index (Phi) is 17.0. The first-order chi connectivity index (χ1) is 29.3. The predicted molar refractivity (Wildman–Crippen MR) is 250 cm³/mol. The third kappa shape index (κ3) is 12.1. The maximum Gasteiger partial charge on any atom is 0.329 e. The number of unbranched alkanes of at least 4 members (excludes halogenated alkanes) is 4. The molecule has 334 valence electrons. The maximum absolute atomic E-state index is 13.0. The summed E-state index contributed by atoms with van der Waals surface area (Å²) in [5, 5.41) is -0.662. The van der Waals surface area contributed by atoms with E-state index in [1.807, 2.05) is 50.2 Å². The second kappa shape index (κ2) is 21.9. The molecule has 2 aromatic rings. The molecule has 0 spiro atoms. The van der Waals surface area contributed by atoms with Crippen molar-refractivity contribution in [3.63, 3.8) is 0 Å². The third-order valence-corrected chi connectivity index (χ3v) is 16.6. The SMILES string of the molecule is CC[C@H](C)[C@H](Cl)C(=O)Oc1ccc(C#Cc2ccc(OCCCCCCCC(=O)O[C@H]3CC[C@@]4(C)C(=CC[C@H]5[C@@H]6CC[C@H]([C@H](C)CCCC(C)C)[C@@]6(C)CC[C@@H]54)C3)cc2)cc1. The molecular formula is C55H77ClO5. The number of carbonyl (C=O) groups is 2. The standard InChI is InChI=1S/C55H77ClO5/c1-8-39(4)52(56)53(58)61-45-27-22-42(23-28-45)19-18-41-20-25-44(26-21-41)59-36-13-11-9-10-12-17-51(57)60-46-32-34-54(6)43(37-46)24-29-47-49-31-30-48(40(5)16-14-15-38(2)3)55(49,7)35-33-50(47)54/h20-28,38-40,46-50,52H,8-17,29-37H2,1-7H3/t39-,40+,46-,47-,48+,49-,50-,52-,54-,55+/m0/s1. The number of carbonyl (C=O) groups excluding carboxylic acids is 2. The van der Waals surface area contributed by atoms with Crippen LogP contribution in [0.5, 0.6) is 11.5 Å². The van der Waals surface area contributed by atoms with Gasteiger partial charge in [0.2, 0.25) is 0 Å². The minimum atomic E-state index is -0.662. The highest BCUT2D eigenvalue weighted by atomic mass is 35.5. The molecule has 4 aliphatic carbocycles. The molecule has 4 aliphatic rings. The molecule has 0 amide bonds. The molecule has 6 rings (SSSR count). The molecule has 0 unspecified atom stereocenters. The molecule has 10 atom stereocenters. The van der Waals surface area contributed by atoms with Crippen LogP contribution in [-0.2, 0) is 14.3 Å². The van der Waals surface area contributed by atoms with Gasteiger partial charge in [-0.3, -0.25) is 9.59 Å². The summed E-state index contributed by atoms with van der Waals surface area (Å²) in [4.78, 5) is 25.2. The van der Waals surface area contributed by atoms with E-state index in [1.165, 1.54) is 57.8 Å². The monoisotopic (exact) mass is 853 g/mol. The lowest BCUT2D eigenvalue weighted by Crippen LogP contribution is -2.51. The van der Waals surface area contributed by atoms with Gasteiger partial charge in [-0.05, 0) is 159 Å². The number of fused-ring (bicyclic) bond motifs is 5. The van der Waals surface area contributed by atoms with Crippen molar-refractivity contribution >= 4 is 23.5 Å². The summed E-state index contributed by atoms with van der Waals surface area (Å²) in [6.07, 6.45) is 23.3. The van der Waals surface area contributed by atoms with Crippen molar-refractivity contribution in [3.05, 3.63) is 71.3 Å². The van der Waals surface area contributed by atoms with Crippen LogP contribution in [0.1, 0.15) is 175 Å². The summed E-state index contributed by atoms with van der Waals surface area (Å²) in [6, 6.07) is 15.0. The van der Waals surface area contributed by atoms with Crippen molar-refractivity contribution in [2.45, 2.75) is 176 Å². The number of hydrogen-bond donors (Lipinski definition) is 0. The van der Waals surface area contributed by atoms with E-state index in [0.717, 1.165) is 104 Å². The minimum absolute atomic E-state index is 0.00855. The quantitative estimate of drug-likeness (QED) is 0.0352. The van der Waals surface area contributed by atoms with Gasteiger partial charge < -0.3 is 14.2 Å². The number of rotatable bonds is 19. The van der Waals surface area contributed by atoms with Gasteiger partial charge in [0.15, 0.2) is 0 Å². The Hall–Kier alpha value is -3.23. The van der Waals surface area contributed by atoms with Crippen molar-refractivity contribution in [2.24, 2.45) is 52.3 Å². The van der Waals surface area contributed by atoms with Crippen LogP contribution >= 0.6 is 11.6 Å². The van der Waals surface area contributed by atoms with Gasteiger partial charge in [0, 0.05) is 24.0 Å². The highest BCUT2D eigenvalue weighted by Crippen LogP contribution is 2.67. The van der Waals surface area contributed by atoms with Gasteiger partial charge in [0.1, 0.15) is 23.0 Å². The first kappa shape index (κ1) is 47.3. The summed E-state index contributed by atoms with van der Waals surface area (Å²) in [5.41, 5.74) is 4.14. The zero-order valence-corrected chi connectivity index (χ0v) is 39.5. The minimum Gasteiger partial charge on any atom is -0.494 e. The van der Waals surface area contributed by atoms with E-state index in [-0.39, 0.29) is 23.4 Å². The fourth-order valence-corrected chi connectivity index (χ4v) is 12.3. The van der Waals surface area contributed by atoms with E-state index < -0.39 is 11.3 Å². The Morgan fingerprint density at radius 2 is 1.46 bits per heavy atom. The van der Waals surface area contributed by atoms with E-state index in [4.69, 9.17) is 25.8 Å². The molecule has 0 heterocycles. The predicted octanol–water partition coefficient (Wildman–Crippen LogP) is 14.3. The average Bonchev–Trinajstić information content (AvgIpc) is 3.61. The summed E-state index contributed by atoms with van der Waals surface area (Å²) < 4.78 is 17.5. The average molecular weight is 854 g/mol. The summed E-state index contributed by atoms with van der Waals surface area (Å²) >= 11 is 6.21. The molecule has 61 heavy (non-hydrogen) atoms. The summed E-state index contributed by atoms with van der Waals surface area (Å²) in [5.74, 6) is 12.3. The molecule has 0 aliphatic heterocycles. The first-order valence-corrected chi connectivity index (χ1v) is 24.8. The highest BCUT2D eigenvalue weighted by molar-refractivity contribution is 6.30. The maximum atomic E-state index is 13.0. The van der Waals surface area contributed by atoms with Crippen molar-refractivity contribution in [1.29, 1.82) is 0 Å². The normalized spacial score (nSPS) is 28.2. The molecule has 3 saturated carbocycles. The van der Waals surface area contributed by atoms with Crippen LogP contribution < -0.4 is 9.47 Å². The van der Waals surface area contributed by atoms with Gasteiger partial charge in [-0.15, -0.1) is 11.6 Å². The second-order valence-electron chi connectivity index (χ2n) is 20.5. The van der Waals surface area contributed by atoms with Crippen molar-refractivity contribution in [3.8, 4) is 23.3 Å². The van der Waals surface area contributed by atoms with E-state index >= 15 is 0 Å². The van der Waals surface area contributed by atoms with Crippen LogP contribution in [0.4, 0.5) is 0 Å². The van der Waals surface area contributed by atoms with Gasteiger partial charge in [0.25, 0.3) is 0 Å². The second-order valence-corrected chi connectivity index (χ2v) is 21.0. The van der Waals surface area contributed by atoms with Crippen molar-refractivity contribution in [2.75, 3.05) is 6.61 Å². The molecule has 0 saturated heterocycles. The van der Waals surface area contributed by atoms with E-state index in [1.54, 1.807) is 17.7 Å². The molecule has 0 radical (unpaired) electrons. The Labute approximate surface area is 374 Å². The molecule has 2 aromatic carbocycles. The zero-order chi connectivity index (χ0) is 43.6. The van der Waals surface area contributed by atoms with E-state index in [2.05, 4.69) is 52.5 Å². The van der Waals surface area contributed by atoms with Crippen LogP contribution in [0, 0.1) is 64.1 Å². The van der Waals surface area contributed by atoms with Crippen LogP contribution in [0.25, 0.3) is 0 Å². The van der Waals surface area contributed by atoms with Gasteiger partial charge >= 0.3 is 11.9 Å². The third-order valence-electron chi connectivity index (χ3n) is 16.0. The highest BCUT2D eigenvalue weighted by Gasteiger charge is 2.59. The smallest absolute Gasteiger partial charge is 0.329 e. The Bertz CT molecular complexity index is 1820. The zero-order valence-electron chi connectivity index (χ0n) is 38.7. The topological polar surface area (TPSA) is 61.8 Å². The lowest BCUT2D eigenvalue weighted by atomic mass is 9.47. The number of allylic oxidation sites excluding steroid dienone is 1. The number of hydrogen-bond acceptors (Lipinski definition) is 5. The molecule has 5 nitrogen and oxygen atoms in total. The fourth-order valence-electron chi connectivity index (χ4n) is 12.1. The Balaban J connectivity index is 0.837. The largest absolute Gasteiger partial charge is 0.494 e. The van der Waals surface area contributed by atoms with Gasteiger partial charge in [-0.25, -0.2) is 0 Å². The first-order valence-electron chi connectivity index (χ1n) is 24.4. The van der Waals surface area contributed by atoms with E-state index in [9.17, 15) is 9.59 Å². The van der Waals surface area contributed by atoms with Crippen LogP contribution in [0.3, 0.4) is 0 Å². The van der Waals surface area contributed by atoms with Crippen molar-refractivity contribution < 1.29 is 23.8 Å². The number of alkyl halides is 1.